The van der Waals surface area contributed by atoms with Crippen LogP contribution >= 0.6 is 0 Å². The second-order valence-corrected chi connectivity index (χ2v) is 6.79. The van der Waals surface area contributed by atoms with Gasteiger partial charge in [-0.2, -0.15) is 0 Å². The zero-order valence-electron chi connectivity index (χ0n) is 12.6. The van der Waals surface area contributed by atoms with Gasteiger partial charge in [0.05, 0.1) is 0 Å². The molecule has 2 unspecified atom stereocenters. The van der Waals surface area contributed by atoms with E-state index < -0.39 is 0 Å². The van der Waals surface area contributed by atoms with Gasteiger partial charge in [0.2, 0.25) is 0 Å². The Morgan fingerprint density at radius 3 is 2.28 bits per heavy atom. The van der Waals surface area contributed by atoms with Gasteiger partial charge in [-0.1, -0.05) is 26.7 Å². The number of nitrogens with zero attached hydrogens (tertiary/aromatic N) is 1. The Kier molecular flexibility index (Phi) is 4.71. The third-order valence-electron chi connectivity index (χ3n) is 6.16. The number of nitrogens with two attached hydrogens (primary N) is 1. The lowest BCUT2D eigenvalue weighted by Gasteiger charge is -2.48. The van der Waals surface area contributed by atoms with Crippen molar-refractivity contribution in [1.29, 1.82) is 0 Å². The van der Waals surface area contributed by atoms with Gasteiger partial charge in [-0.3, -0.25) is 4.90 Å². The first-order valence-electron chi connectivity index (χ1n) is 8.07. The topological polar surface area (TPSA) is 29.3 Å². The number of hydrogen-bond donors (Lipinski definition) is 1. The lowest BCUT2D eigenvalue weighted by molar-refractivity contribution is 0.0263. The molecule has 2 rings (SSSR count). The van der Waals surface area contributed by atoms with E-state index in [2.05, 4.69) is 25.8 Å². The molecule has 106 valence electrons. The second kappa shape index (κ2) is 5.92. The molecule has 0 radical (unpaired) electrons. The van der Waals surface area contributed by atoms with Gasteiger partial charge in [0, 0.05) is 18.1 Å². The molecule has 2 aliphatic carbocycles. The van der Waals surface area contributed by atoms with Gasteiger partial charge in [-0.25, -0.2) is 0 Å². The molecule has 0 aliphatic heterocycles. The van der Waals surface area contributed by atoms with Crippen LogP contribution in [0.5, 0.6) is 0 Å². The summed E-state index contributed by atoms with van der Waals surface area (Å²) in [5.74, 6) is 1.76. The number of likely N-dealkylation sites (N-methyl/N-ethyl adjacent to an activating group) is 1. The highest BCUT2D eigenvalue weighted by Crippen LogP contribution is 2.42. The van der Waals surface area contributed by atoms with Crippen molar-refractivity contribution < 1.29 is 0 Å². The van der Waals surface area contributed by atoms with Crippen LogP contribution in [0.4, 0.5) is 0 Å². The highest BCUT2D eigenvalue weighted by atomic mass is 15.2. The molecule has 0 aromatic heterocycles. The van der Waals surface area contributed by atoms with Crippen molar-refractivity contribution in [3.05, 3.63) is 0 Å². The van der Waals surface area contributed by atoms with Gasteiger partial charge in [-0.15, -0.1) is 0 Å². The Labute approximate surface area is 113 Å². The first-order chi connectivity index (χ1) is 8.64. The number of hydrogen-bond acceptors (Lipinski definition) is 2. The lowest BCUT2D eigenvalue weighted by atomic mass is 9.80. The normalized spacial score (nSPS) is 41.5. The van der Waals surface area contributed by atoms with E-state index in [0.29, 0.717) is 5.54 Å². The van der Waals surface area contributed by atoms with Crippen molar-refractivity contribution >= 4 is 0 Å². The van der Waals surface area contributed by atoms with Gasteiger partial charge < -0.3 is 5.73 Å². The highest BCUT2D eigenvalue weighted by Gasteiger charge is 2.44. The van der Waals surface area contributed by atoms with Crippen LogP contribution < -0.4 is 5.73 Å². The molecule has 0 spiro atoms. The summed E-state index contributed by atoms with van der Waals surface area (Å²) in [6.07, 6.45) is 11.1. The van der Waals surface area contributed by atoms with Crippen LogP contribution in [0, 0.1) is 11.8 Å². The predicted octanol–water partition coefficient (Wildman–Crippen LogP) is 3.40. The Hall–Kier alpha value is -0.0800. The highest BCUT2D eigenvalue weighted by molar-refractivity contribution is 5.01. The first kappa shape index (κ1) is 14.3. The minimum Gasteiger partial charge on any atom is -0.329 e. The third-order valence-corrected chi connectivity index (χ3v) is 6.16. The van der Waals surface area contributed by atoms with E-state index in [-0.39, 0.29) is 0 Å². The van der Waals surface area contributed by atoms with Crippen molar-refractivity contribution in [3.8, 4) is 0 Å². The van der Waals surface area contributed by atoms with Crippen molar-refractivity contribution in [2.75, 3.05) is 13.6 Å². The Morgan fingerprint density at radius 1 is 1.17 bits per heavy atom. The fraction of sp³-hybridized carbons (Fsp3) is 1.00. The van der Waals surface area contributed by atoms with Crippen LogP contribution in [-0.2, 0) is 0 Å². The summed E-state index contributed by atoms with van der Waals surface area (Å²) in [5, 5.41) is 0. The summed E-state index contributed by atoms with van der Waals surface area (Å²) in [5.41, 5.74) is 6.49. The molecule has 0 aromatic rings. The quantitative estimate of drug-likeness (QED) is 0.831. The van der Waals surface area contributed by atoms with Gasteiger partial charge >= 0.3 is 0 Å². The molecular formula is C16H32N2. The third kappa shape index (κ3) is 2.46. The summed E-state index contributed by atoms with van der Waals surface area (Å²) in [6, 6.07) is 0.789. The molecule has 0 amide bonds. The van der Waals surface area contributed by atoms with E-state index in [0.717, 1.165) is 24.4 Å². The SMILES string of the molecule is CCC1CCC(N(C)C2(CN)CCCC2C)CC1. The Morgan fingerprint density at radius 2 is 1.83 bits per heavy atom. The largest absolute Gasteiger partial charge is 0.329 e. The van der Waals surface area contributed by atoms with Gasteiger partial charge in [0.25, 0.3) is 0 Å². The fourth-order valence-electron chi connectivity index (χ4n) is 4.50. The summed E-state index contributed by atoms with van der Waals surface area (Å²) < 4.78 is 0. The monoisotopic (exact) mass is 252 g/mol. The maximum atomic E-state index is 6.18. The van der Waals surface area contributed by atoms with Crippen molar-refractivity contribution in [2.45, 2.75) is 76.8 Å². The molecule has 2 nitrogen and oxygen atoms in total. The molecule has 2 fully saturated rings. The lowest BCUT2D eigenvalue weighted by Crippen LogP contribution is -2.58. The Bertz CT molecular complexity index is 258. The standard InChI is InChI=1S/C16H32N2/c1-4-14-7-9-15(10-8-14)18(3)16(12-17)11-5-6-13(16)2/h13-15H,4-12,17H2,1-3H3. The van der Waals surface area contributed by atoms with E-state index in [1.165, 1.54) is 51.4 Å². The van der Waals surface area contributed by atoms with Crippen LogP contribution in [0.2, 0.25) is 0 Å². The average molecular weight is 252 g/mol. The average Bonchev–Trinajstić information content (AvgIpc) is 2.80. The smallest absolute Gasteiger partial charge is 0.0357 e. The maximum absolute atomic E-state index is 6.18. The van der Waals surface area contributed by atoms with E-state index >= 15 is 0 Å². The van der Waals surface area contributed by atoms with Gasteiger partial charge in [-0.05, 0) is 57.4 Å². The van der Waals surface area contributed by atoms with Gasteiger partial charge in [0.1, 0.15) is 0 Å². The summed E-state index contributed by atoms with van der Waals surface area (Å²) in [4.78, 5) is 2.69. The molecule has 2 atom stereocenters. The van der Waals surface area contributed by atoms with Crippen LogP contribution in [0.25, 0.3) is 0 Å². The second-order valence-electron chi connectivity index (χ2n) is 6.79. The molecule has 0 bridgehead atoms. The van der Waals surface area contributed by atoms with Crippen molar-refractivity contribution in [3.63, 3.8) is 0 Å². The van der Waals surface area contributed by atoms with Crippen molar-refractivity contribution in [1.82, 2.24) is 4.90 Å². The molecule has 2 heteroatoms. The van der Waals surface area contributed by atoms with E-state index in [1.807, 2.05) is 0 Å². The molecular weight excluding hydrogens is 220 g/mol. The molecule has 0 heterocycles. The van der Waals surface area contributed by atoms with Crippen LogP contribution in [0.3, 0.4) is 0 Å². The summed E-state index contributed by atoms with van der Waals surface area (Å²) >= 11 is 0. The van der Waals surface area contributed by atoms with E-state index in [9.17, 15) is 0 Å². The maximum Gasteiger partial charge on any atom is 0.0357 e. The van der Waals surface area contributed by atoms with Crippen LogP contribution in [0.1, 0.15) is 65.2 Å². The number of rotatable bonds is 4. The summed E-state index contributed by atoms with van der Waals surface area (Å²) in [7, 11) is 2.35. The van der Waals surface area contributed by atoms with Gasteiger partial charge in [0.15, 0.2) is 0 Å². The molecule has 2 N–H and O–H groups in total. The van der Waals surface area contributed by atoms with E-state index in [1.54, 1.807) is 0 Å². The zero-order valence-corrected chi connectivity index (χ0v) is 12.6. The minimum absolute atomic E-state index is 0.309. The fourth-order valence-corrected chi connectivity index (χ4v) is 4.50. The van der Waals surface area contributed by atoms with Crippen LogP contribution in [-0.4, -0.2) is 30.1 Å². The molecule has 2 aliphatic rings. The minimum atomic E-state index is 0.309. The molecule has 2 saturated carbocycles. The summed E-state index contributed by atoms with van der Waals surface area (Å²) in [6.45, 7) is 5.60. The van der Waals surface area contributed by atoms with Crippen LogP contribution in [0.15, 0.2) is 0 Å². The van der Waals surface area contributed by atoms with Crippen molar-refractivity contribution in [2.24, 2.45) is 17.6 Å². The first-order valence-corrected chi connectivity index (χ1v) is 8.07. The Balaban J connectivity index is 2.00. The molecule has 0 aromatic carbocycles. The molecule has 0 saturated heterocycles. The zero-order chi connectivity index (χ0) is 13.2. The predicted molar refractivity (Wildman–Crippen MR) is 78.6 cm³/mol. The van der Waals surface area contributed by atoms with E-state index in [4.69, 9.17) is 5.73 Å². The molecule has 18 heavy (non-hydrogen) atoms.